The third-order valence-corrected chi connectivity index (χ3v) is 4.02. The van der Waals surface area contributed by atoms with Crippen molar-refractivity contribution in [2.75, 3.05) is 17.2 Å². The molecule has 0 aliphatic carbocycles. The number of aliphatic hydroxyl groups excluding tert-OH is 1. The van der Waals surface area contributed by atoms with E-state index >= 15 is 0 Å². The van der Waals surface area contributed by atoms with Crippen molar-refractivity contribution in [1.29, 1.82) is 5.26 Å². The average molecular weight is 353 g/mol. The Morgan fingerprint density at radius 3 is 2.62 bits per heavy atom. The van der Waals surface area contributed by atoms with E-state index in [2.05, 4.69) is 20.6 Å². The molecular formula is C19H23N5O2. The number of nitriles is 1. The van der Waals surface area contributed by atoms with Gasteiger partial charge in [0.15, 0.2) is 11.5 Å². The van der Waals surface area contributed by atoms with Gasteiger partial charge in [-0.1, -0.05) is 20.3 Å². The van der Waals surface area contributed by atoms with Crippen molar-refractivity contribution < 1.29 is 9.90 Å². The molecule has 0 saturated carbocycles. The lowest BCUT2D eigenvalue weighted by atomic mass is 10.0. The quantitative estimate of drug-likeness (QED) is 0.673. The van der Waals surface area contributed by atoms with Gasteiger partial charge in [-0.3, -0.25) is 4.79 Å². The molecule has 136 valence electrons. The van der Waals surface area contributed by atoms with Gasteiger partial charge in [-0.05, 0) is 36.6 Å². The first-order chi connectivity index (χ1) is 12.5. The molecule has 0 fully saturated rings. The molecule has 3 N–H and O–H groups in total. The molecule has 1 aromatic heterocycles. The van der Waals surface area contributed by atoms with E-state index in [1.54, 1.807) is 24.3 Å². The number of carbonyl (C=O) groups excluding carboxylic acids is 1. The molecule has 1 aromatic carbocycles. The third kappa shape index (κ3) is 5.26. The van der Waals surface area contributed by atoms with Gasteiger partial charge in [0.1, 0.15) is 0 Å². The molecule has 0 bridgehead atoms. The van der Waals surface area contributed by atoms with Gasteiger partial charge in [0, 0.05) is 24.6 Å². The molecule has 0 aliphatic heterocycles. The number of hydrogen-bond donors (Lipinski definition) is 3. The molecule has 7 heteroatoms. The number of rotatable bonds is 8. The van der Waals surface area contributed by atoms with Crippen molar-refractivity contribution in [1.82, 2.24) is 9.97 Å². The van der Waals surface area contributed by atoms with E-state index < -0.39 is 12.0 Å². The zero-order valence-electron chi connectivity index (χ0n) is 14.9. The Morgan fingerprint density at radius 1 is 1.27 bits per heavy atom. The van der Waals surface area contributed by atoms with Crippen molar-refractivity contribution in [3.63, 3.8) is 0 Å². The molecule has 0 radical (unpaired) electrons. The van der Waals surface area contributed by atoms with Crippen molar-refractivity contribution in [3.8, 4) is 6.07 Å². The van der Waals surface area contributed by atoms with E-state index in [-0.39, 0.29) is 11.6 Å². The van der Waals surface area contributed by atoms with E-state index in [9.17, 15) is 9.90 Å². The van der Waals surface area contributed by atoms with Crippen LogP contribution in [-0.2, 0) is 0 Å². The van der Waals surface area contributed by atoms with Crippen LogP contribution >= 0.6 is 0 Å². The Morgan fingerprint density at radius 2 is 1.96 bits per heavy atom. The number of hydrogen-bond acceptors (Lipinski definition) is 6. The van der Waals surface area contributed by atoms with Gasteiger partial charge < -0.3 is 15.7 Å². The zero-order chi connectivity index (χ0) is 18.9. The molecule has 26 heavy (non-hydrogen) atoms. The van der Waals surface area contributed by atoms with Gasteiger partial charge in [-0.15, -0.1) is 0 Å². The predicted octanol–water partition coefficient (Wildman–Crippen LogP) is 2.81. The number of nitrogens with zero attached hydrogens (tertiary/aromatic N) is 3. The summed E-state index contributed by atoms with van der Waals surface area (Å²) in [4.78, 5) is 20.8. The fraction of sp³-hybridized carbons (Fsp3) is 0.368. The van der Waals surface area contributed by atoms with Crippen molar-refractivity contribution in [2.45, 2.75) is 32.8 Å². The minimum atomic E-state index is -0.403. The molecule has 0 aliphatic rings. The molecule has 1 amide bonds. The first-order valence-electron chi connectivity index (χ1n) is 8.59. The zero-order valence-corrected chi connectivity index (χ0v) is 14.9. The predicted molar refractivity (Wildman–Crippen MR) is 99.7 cm³/mol. The first kappa shape index (κ1) is 19.3. The van der Waals surface area contributed by atoms with Crippen molar-refractivity contribution in [3.05, 3.63) is 47.9 Å². The van der Waals surface area contributed by atoms with Gasteiger partial charge in [0.2, 0.25) is 0 Å². The second-order valence-corrected chi connectivity index (χ2v) is 6.11. The molecule has 0 saturated heterocycles. The van der Waals surface area contributed by atoms with Crippen molar-refractivity contribution in [2.24, 2.45) is 5.92 Å². The van der Waals surface area contributed by atoms with Crippen LogP contribution in [0.5, 0.6) is 0 Å². The second-order valence-electron chi connectivity index (χ2n) is 6.11. The Labute approximate surface area is 153 Å². The average Bonchev–Trinajstić information content (AvgIpc) is 2.67. The highest BCUT2D eigenvalue weighted by Gasteiger charge is 2.17. The molecule has 2 unspecified atom stereocenters. The second kappa shape index (κ2) is 9.49. The topological polar surface area (TPSA) is 111 Å². The summed E-state index contributed by atoms with van der Waals surface area (Å²) in [7, 11) is 0. The smallest absolute Gasteiger partial charge is 0.278 e. The molecule has 2 atom stereocenters. The first-order valence-corrected chi connectivity index (χ1v) is 8.59. The summed E-state index contributed by atoms with van der Waals surface area (Å²) in [6.45, 7) is 4.45. The van der Waals surface area contributed by atoms with E-state index in [0.29, 0.717) is 23.6 Å². The molecular weight excluding hydrogens is 330 g/mol. The maximum atomic E-state index is 12.5. The Bertz CT molecular complexity index is 770. The minimum absolute atomic E-state index is 0.0198. The standard InChI is InChI=1S/C19H23N5O2/c1-3-4-16(25)13(2)12-23-18-17(21-9-10-22-18)19(26)24-15-7-5-14(11-20)6-8-15/h5-10,13,16,25H,3-4,12H2,1-2H3,(H,22,23)(H,24,26). The van der Waals surface area contributed by atoms with Crippen LogP contribution in [0, 0.1) is 17.2 Å². The van der Waals surface area contributed by atoms with Crippen LogP contribution in [0.3, 0.4) is 0 Å². The van der Waals surface area contributed by atoms with Gasteiger partial charge in [-0.25, -0.2) is 9.97 Å². The summed E-state index contributed by atoms with van der Waals surface area (Å²) in [5, 5.41) is 24.7. The van der Waals surface area contributed by atoms with Gasteiger partial charge in [0.25, 0.3) is 5.91 Å². The number of benzene rings is 1. The third-order valence-electron chi connectivity index (χ3n) is 4.02. The molecule has 0 spiro atoms. The number of nitrogens with one attached hydrogen (secondary N) is 2. The van der Waals surface area contributed by atoms with Gasteiger partial charge >= 0.3 is 0 Å². The van der Waals surface area contributed by atoms with Crippen LogP contribution in [0.25, 0.3) is 0 Å². The number of carbonyl (C=O) groups is 1. The lowest BCUT2D eigenvalue weighted by molar-refractivity contribution is 0.102. The summed E-state index contributed by atoms with van der Waals surface area (Å²) >= 11 is 0. The van der Waals surface area contributed by atoms with Crippen LogP contribution < -0.4 is 10.6 Å². The molecule has 2 rings (SSSR count). The van der Waals surface area contributed by atoms with E-state index in [0.717, 1.165) is 12.8 Å². The highest BCUT2D eigenvalue weighted by Crippen LogP contribution is 2.15. The van der Waals surface area contributed by atoms with E-state index in [1.165, 1.54) is 12.4 Å². The summed E-state index contributed by atoms with van der Waals surface area (Å²) < 4.78 is 0. The number of anilines is 2. The van der Waals surface area contributed by atoms with Gasteiger partial charge in [-0.2, -0.15) is 5.26 Å². The van der Waals surface area contributed by atoms with E-state index in [4.69, 9.17) is 5.26 Å². The van der Waals surface area contributed by atoms with Crippen LogP contribution in [0.4, 0.5) is 11.5 Å². The van der Waals surface area contributed by atoms with Crippen LogP contribution in [0.15, 0.2) is 36.7 Å². The summed E-state index contributed by atoms with van der Waals surface area (Å²) in [6.07, 6.45) is 4.20. The Hall–Kier alpha value is -2.98. The maximum Gasteiger partial charge on any atom is 0.278 e. The highest BCUT2D eigenvalue weighted by molar-refractivity contribution is 6.05. The molecule has 1 heterocycles. The maximum absolute atomic E-state index is 12.5. The number of aromatic nitrogens is 2. The van der Waals surface area contributed by atoms with Gasteiger partial charge in [0.05, 0.1) is 17.7 Å². The normalized spacial score (nSPS) is 12.7. The molecule has 7 nitrogen and oxygen atoms in total. The number of aliphatic hydroxyl groups is 1. The summed E-state index contributed by atoms with van der Waals surface area (Å²) in [6, 6.07) is 8.59. The van der Waals surface area contributed by atoms with Crippen LogP contribution in [0.1, 0.15) is 42.7 Å². The fourth-order valence-electron chi connectivity index (χ4n) is 2.43. The van der Waals surface area contributed by atoms with Crippen molar-refractivity contribution >= 4 is 17.4 Å². The number of amides is 1. The molecule has 2 aromatic rings. The Balaban J connectivity index is 2.05. The van der Waals surface area contributed by atoms with Crippen LogP contribution in [-0.4, -0.2) is 33.6 Å². The monoisotopic (exact) mass is 353 g/mol. The van der Waals surface area contributed by atoms with E-state index in [1.807, 2.05) is 19.9 Å². The lowest BCUT2D eigenvalue weighted by Gasteiger charge is -2.19. The lowest BCUT2D eigenvalue weighted by Crippen LogP contribution is -2.26. The largest absolute Gasteiger partial charge is 0.393 e. The fourth-order valence-corrected chi connectivity index (χ4v) is 2.43. The minimum Gasteiger partial charge on any atom is -0.393 e. The summed E-state index contributed by atoms with van der Waals surface area (Å²) in [5.74, 6) is -0.00680. The highest BCUT2D eigenvalue weighted by atomic mass is 16.3. The Kier molecular flexibility index (Phi) is 7.06. The summed E-state index contributed by atoms with van der Waals surface area (Å²) in [5.41, 5.74) is 1.26. The van der Waals surface area contributed by atoms with Crippen LogP contribution in [0.2, 0.25) is 0 Å². The SMILES string of the molecule is CCCC(O)C(C)CNc1nccnc1C(=O)Nc1ccc(C#N)cc1.